The zero-order valence-corrected chi connectivity index (χ0v) is 8.75. The Morgan fingerprint density at radius 1 is 1.08 bits per heavy atom. The molecule has 0 heterocycles. The van der Waals surface area contributed by atoms with E-state index < -0.39 is 5.92 Å². The normalized spacial score (nSPS) is 22.2. The van der Waals surface area contributed by atoms with Gasteiger partial charge in [0.15, 0.2) is 0 Å². The fourth-order valence-corrected chi connectivity index (χ4v) is 2.27. The van der Waals surface area contributed by atoms with E-state index >= 15 is 0 Å². The summed E-state index contributed by atoms with van der Waals surface area (Å²) >= 11 is 2.88. The van der Waals surface area contributed by atoms with Crippen LogP contribution in [0.1, 0.15) is 38.5 Å². The van der Waals surface area contributed by atoms with Gasteiger partial charge in [-0.05, 0) is 12.8 Å². The Balaban J connectivity index is 2.47. The predicted molar refractivity (Wildman–Crippen MR) is 49.9 cm³/mol. The van der Waals surface area contributed by atoms with Gasteiger partial charge in [0.05, 0.1) is 5.33 Å². The van der Waals surface area contributed by atoms with Gasteiger partial charge in [-0.2, -0.15) is 0 Å². The minimum atomic E-state index is -2.48. The third kappa shape index (κ3) is 2.68. The Bertz CT molecular complexity index is 128. The molecular weight excluding hydrogens is 226 g/mol. The van der Waals surface area contributed by atoms with Crippen molar-refractivity contribution in [3.63, 3.8) is 0 Å². The fourth-order valence-electron chi connectivity index (χ4n) is 1.81. The van der Waals surface area contributed by atoms with E-state index in [1.165, 1.54) is 0 Å². The molecule has 0 bridgehead atoms. The molecule has 0 atom stereocenters. The summed E-state index contributed by atoms with van der Waals surface area (Å²) in [6, 6.07) is 0. The van der Waals surface area contributed by atoms with Crippen molar-refractivity contribution in [1.29, 1.82) is 0 Å². The van der Waals surface area contributed by atoms with E-state index in [-0.39, 0.29) is 11.2 Å². The van der Waals surface area contributed by atoms with Gasteiger partial charge in [-0.15, -0.1) is 0 Å². The molecule has 0 spiro atoms. The molecule has 0 amide bonds. The van der Waals surface area contributed by atoms with Gasteiger partial charge in [0.2, 0.25) is 0 Å². The summed E-state index contributed by atoms with van der Waals surface area (Å²) in [4.78, 5) is 0. The lowest BCUT2D eigenvalue weighted by Crippen LogP contribution is -2.29. The standard InChI is InChI=1S/C9H15BrF2/c10-7-9(11,12)8-5-3-1-2-4-6-8/h8H,1-7H2. The summed E-state index contributed by atoms with van der Waals surface area (Å²) in [6.07, 6.45) is 5.64. The molecule has 0 unspecified atom stereocenters. The highest BCUT2D eigenvalue weighted by Gasteiger charge is 2.37. The van der Waals surface area contributed by atoms with E-state index in [0.29, 0.717) is 12.8 Å². The maximum atomic E-state index is 13.2. The van der Waals surface area contributed by atoms with Crippen molar-refractivity contribution in [2.45, 2.75) is 44.4 Å². The summed E-state index contributed by atoms with van der Waals surface area (Å²) in [6.45, 7) is 0. The first-order valence-electron chi connectivity index (χ1n) is 4.60. The van der Waals surface area contributed by atoms with Gasteiger partial charge in [-0.25, -0.2) is 8.78 Å². The summed E-state index contributed by atoms with van der Waals surface area (Å²) in [5, 5.41) is -0.176. The Kier molecular flexibility index (Phi) is 3.94. The minimum Gasteiger partial charge on any atom is -0.206 e. The van der Waals surface area contributed by atoms with Crippen LogP contribution in [0.5, 0.6) is 0 Å². The monoisotopic (exact) mass is 240 g/mol. The van der Waals surface area contributed by atoms with Crippen LogP contribution in [0.15, 0.2) is 0 Å². The maximum Gasteiger partial charge on any atom is 0.260 e. The molecule has 0 saturated heterocycles. The second-order valence-electron chi connectivity index (χ2n) is 3.58. The van der Waals surface area contributed by atoms with E-state index in [2.05, 4.69) is 15.9 Å². The fraction of sp³-hybridized carbons (Fsp3) is 1.00. The van der Waals surface area contributed by atoms with Gasteiger partial charge < -0.3 is 0 Å². The molecule has 0 N–H and O–H groups in total. The van der Waals surface area contributed by atoms with Crippen LogP contribution in [0.2, 0.25) is 0 Å². The molecule has 1 rings (SSSR count). The zero-order chi connectivity index (χ0) is 9.03. The summed E-state index contributed by atoms with van der Waals surface area (Å²) < 4.78 is 26.3. The number of alkyl halides is 3. The van der Waals surface area contributed by atoms with E-state index in [1.54, 1.807) is 0 Å². The lowest BCUT2D eigenvalue weighted by atomic mass is 9.94. The molecule has 0 nitrogen and oxygen atoms in total. The predicted octanol–water partition coefficient (Wildman–Crippen LogP) is 3.99. The highest BCUT2D eigenvalue weighted by Crippen LogP contribution is 2.36. The molecule has 0 aromatic heterocycles. The molecule has 1 aliphatic rings. The molecule has 0 aromatic carbocycles. The maximum absolute atomic E-state index is 13.2. The second kappa shape index (κ2) is 4.54. The molecule has 1 aliphatic carbocycles. The first kappa shape index (κ1) is 10.4. The minimum absolute atomic E-state index is 0.176. The van der Waals surface area contributed by atoms with Gasteiger partial charge in [-0.1, -0.05) is 41.6 Å². The molecule has 0 aliphatic heterocycles. The first-order valence-corrected chi connectivity index (χ1v) is 5.73. The van der Waals surface area contributed by atoms with Gasteiger partial charge in [-0.3, -0.25) is 0 Å². The average molecular weight is 241 g/mol. The van der Waals surface area contributed by atoms with Gasteiger partial charge in [0.25, 0.3) is 5.92 Å². The molecule has 0 aromatic rings. The van der Waals surface area contributed by atoms with E-state index in [0.717, 1.165) is 25.7 Å². The summed E-state index contributed by atoms with van der Waals surface area (Å²) in [5.41, 5.74) is 0. The topological polar surface area (TPSA) is 0 Å². The summed E-state index contributed by atoms with van der Waals surface area (Å²) in [5.74, 6) is -2.86. The Morgan fingerprint density at radius 3 is 2.00 bits per heavy atom. The highest BCUT2D eigenvalue weighted by molar-refractivity contribution is 9.09. The van der Waals surface area contributed by atoms with E-state index in [9.17, 15) is 8.78 Å². The van der Waals surface area contributed by atoms with Crippen LogP contribution in [-0.4, -0.2) is 11.3 Å². The largest absolute Gasteiger partial charge is 0.260 e. The van der Waals surface area contributed by atoms with Crippen molar-refractivity contribution in [3.05, 3.63) is 0 Å². The smallest absolute Gasteiger partial charge is 0.206 e. The number of hydrogen-bond donors (Lipinski definition) is 0. The quantitative estimate of drug-likeness (QED) is 0.506. The Labute approximate surface area is 80.9 Å². The van der Waals surface area contributed by atoms with Crippen LogP contribution in [0, 0.1) is 5.92 Å². The van der Waals surface area contributed by atoms with Crippen LogP contribution in [0.3, 0.4) is 0 Å². The van der Waals surface area contributed by atoms with Crippen molar-refractivity contribution in [3.8, 4) is 0 Å². The zero-order valence-electron chi connectivity index (χ0n) is 7.16. The van der Waals surface area contributed by atoms with Crippen molar-refractivity contribution < 1.29 is 8.78 Å². The molecular formula is C9H15BrF2. The molecule has 3 heteroatoms. The second-order valence-corrected chi connectivity index (χ2v) is 4.14. The Morgan fingerprint density at radius 2 is 1.58 bits per heavy atom. The lowest BCUT2D eigenvalue weighted by molar-refractivity contribution is -0.0390. The highest BCUT2D eigenvalue weighted by atomic mass is 79.9. The molecule has 1 fully saturated rings. The van der Waals surface area contributed by atoms with Crippen LogP contribution in [0.25, 0.3) is 0 Å². The third-order valence-corrected chi connectivity index (χ3v) is 3.38. The van der Waals surface area contributed by atoms with E-state index in [4.69, 9.17) is 0 Å². The van der Waals surface area contributed by atoms with E-state index in [1.807, 2.05) is 0 Å². The van der Waals surface area contributed by atoms with Crippen molar-refractivity contribution in [2.24, 2.45) is 5.92 Å². The molecule has 72 valence electrons. The third-order valence-electron chi connectivity index (χ3n) is 2.63. The van der Waals surface area contributed by atoms with Crippen molar-refractivity contribution in [2.75, 3.05) is 5.33 Å². The Hall–Kier alpha value is 0.340. The van der Waals surface area contributed by atoms with Crippen LogP contribution >= 0.6 is 15.9 Å². The number of hydrogen-bond acceptors (Lipinski definition) is 0. The lowest BCUT2D eigenvalue weighted by Gasteiger charge is -2.23. The number of rotatable bonds is 2. The van der Waals surface area contributed by atoms with Crippen LogP contribution < -0.4 is 0 Å². The molecule has 0 radical (unpaired) electrons. The van der Waals surface area contributed by atoms with Gasteiger partial charge in [0, 0.05) is 5.92 Å². The first-order chi connectivity index (χ1) is 5.67. The summed E-state index contributed by atoms with van der Waals surface area (Å²) in [7, 11) is 0. The van der Waals surface area contributed by atoms with Crippen molar-refractivity contribution in [1.82, 2.24) is 0 Å². The average Bonchev–Trinajstić information content (AvgIpc) is 2.32. The molecule has 12 heavy (non-hydrogen) atoms. The number of halogens is 3. The van der Waals surface area contributed by atoms with Crippen LogP contribution in [0.4, 0.5) is 8.78 Å². The molecule has 1 saturated carbocycles. The van der Waals surface area contributed by atoms with Crippen molar-refractivity contribution >= 4 is 15.9 Å². The van der Waals surface area contributed by atoms with Gasteiger partial charge >= 0.3 is 0 Å². The van der Waals surface area contributed by atoms with Gasteiger partial charge in [0.1, 0.15) is 0 Å². The SMILES string of the molecule is FC(F)(CBr)C1CCCCCC1. The van der Waals surface area contributed by atoms with Crippen LogP contribution in [-0.2, 0) is 0 Å².